The zero-order chi connectivity index (χ0) is 13.2. The molecule has 0 bridgehead atoms. The summed E-state index contributed by atoms with van der Waals surface area (Å²) < 4.78 is 0. The molecule has 1 fully saturated rings. The van der Waals surface area contributed by atoms with Gasteiger partial charge >= 0.3 is 0 Å². The van der Waals surface area contributed by atoms with Crippen molar-refractivity contribution in [3.63, 3.8) is 0 Å². The lowest BCUT2D eigenvalue weighted by Gasteiger charge is -2.38. The molecule has 0 saturated heterocycles. The number of fused-ring (bicyclic) bond motifs is 2. The summed E-state index contributed by atoms with van der Waals surface area (Å²) in [4.78, 5) is 15.9. The van der Waals surface area contributed by atoms with Crippen molar-refractivity contribution in [3.05, 3.63) is 24.3 Å². The van der Waals surface area contributed by atoms with Gasteiger partial charge in [0.05, 0.1) is 5.69 Å². The first-order chi connectivity index (χ1) is 9.31. The van der Waals surface area contributed by atoms with E-state index in [0.717, 1.165) is 18.7 Å². The van der Waals surface area contributed by atoms with Gasteiger partial charge in [0, 0.05) is 29.2 Å². The van der Waals surface area contributed by atoms with E-state index >= 15 is 0 Å². The van der Waals surface area contributed by atoms with Crippen LogP contribution in [0.2, 0.25) is 0 Å². The van der Waals surface area contributed by atoms with Crippen LogP contribution in [0.15, 0.2) is 29.2 Å². The Morgan fingerprint density at radius 2 is 2.20 bits per heavy atom. The highest BCUT2D eigenvalue weighted by Crippen LogP contribution is 2.47. The first-order valence-electron chi connectivity index (χ1n) is 7.03. The summed E-state index contributed by atoms with van der Waals surface area (Å²) >= 11 is 1.96. The third-order valence-electron chi connectivity index (χ3n) is 4.01. The lowest BCUT2D eigenvalue weighted by molar-refractivity contribution is -0.119. The zero-order valence-electron chi connectivity index (χ0n) is 11.7. The van der Waals surface area contributed by atoms with Gasteiger partial charge in [-0.1, -0.05) is 18.6 Å². The van der Waals surface area contributed by atoms with Gasteiger partial charge in [0.15, 0.2) is 0 Å². The van der Waals surface area contributed by atoms with Crippen molar-refractivity contribution in [3.8, 4) is 0 Å². The highest BCUT2D eigenvalue weighted by atomic mass is 35.5. The van der Waals surface area contributed by atoms with Gasteiger partial charge in [-0.05, 0) is 32.0 Å². The Morgan fingerprint density at radius 3 is 3.00 bits per heavy atom. The number of thioether (sulfide) groups is 1. The number of rotatable bonds is 3. The van der Waals surface area contributed by atoms with E-state index in [1.54, 1.807) is 0 Å². The molecular formula is C15H21ClN2OS. The maximum absolute atomic E-state index is 12.5. The molecule has 1 heterocycles. The SMILES string of the molecule is CNCCC(=O)N1c2ccccc2SC2CCCC21.Cl. The van der Waals surface area contributed by atoms with E-state index in [2.05, 4.69) is 28.4 Å². The van der Waals surface area contributed by atoms with E-state index in [0.29, 0.717) is 17.7 Å². The second-order valence-electron chi connectivity index (χ2n) is 5.24. The molecular weight excluding hydrogens is 292 g/mol. The number of benzene rings is 1. The van der Waals surface area contributed by atoms with Crippen LogP contribution in [0.3, 0.4) is 0 Å². The lowest BCUT2D eigenvalue weighted by Crippen LogP contribution is -2.46. The van der Waals surface area contributed by atoms with E-state index in [1.165, 1.54) is 17.7 Å². The third-order valence-corrected chi connectivity index (χ3v) is 5.46. The topological polar surface area (TPSA) is 32.3 Å². The van der Waals surface area contributed by atoms with Gasteiger partial charge < -0.3 is 10.2 Å². The van der Waals surface area contributed by atoms with Crippen LogP contribution in [0.25, 0.3) is 0 Å². The quantitative estimate of drug-likeness (QED) is 0.931. The van der Waals surface area contributed by atoms with Crippen LogP contribution in [0.5, 0.6) is 0 Å². The van der Waals surface area contributed by atoms with Gasteiger partial charge in [-0.2, -0.15) is 0 Å². The fraction of sp³-hybridized carbons (Fsp3) is 0.533. The summed E-state index contributed by atoms with van der Waals surface area (Å²) in [5.74, 6) is 0.263. The van der Waals surface area contributed by atoms with Crippen LogP contribution < -0.4 is 10.2 Å². The third kappa shape index (κ3) is 2.83. The van der Waals surface area contributed by atoms with Gasteiger partial charge in [0.25, 0.3) is 0 Å². The van der Waals surface area contributed by atoms with Crippen molar-refractivity contribution >= 4 is 35.8 Å². The number of nitrogens with zero attached hydrogens (tertiary/aromatic N) is 1. The molecule has 1 aromatic carbocycles. The predicted molar refractivity (Wildman–Crippen MR) is 87.0 cm³/mol. The standard InChI is InChI=1S/C15H20N2OS.ClH/c1-16-10-9-15(18)17-11-5-2-3-7-13(11)19-14-8-4-6-12(14)17;/h2-3,5,7,12,14,16H,4,6,8-10H2,1H3;1H. The summed E-state index contributed by atoms with van der Waals surface area (Å²) in [7, 11) is 1.89. The van der Waals surface area contributed by atoms with Crippen LogP contribution in [-0.4, -0.2) is 30.8 Å². The van der Waals surface area contributed by atoms with Gasteiger partial charge in [0.2, 0.25) is 5.91 Å². The van der Waals surface area contributed by atoms with Gasteiger partial charge in [-0.15, -0.1) is 24.2 Å². The summed E-state index contributed by atoms with van der Waals surface area (Å²) in [6, 6.07) is 8.75. The number of nitrogens with one attached hydrogen (secondary N) is 1. The number of amides is 1. The molecule has 1 aliphatic carbocycles. The smallest absolute Gasteiger partial charge is 0.228 e. The molecule has 1 N–H and O–H groups in total. The minimum atomic E-state index is 0. The van der Waals surface area contributed by atoms with Crippen molar-refractivity contribution in [2.24, 2.45) is 0 Å². The number of hydrogen-bond donors (Lipinski definition) is 1. The molecule has 0 radical (unpaired) electrons. The Kier molecular flexibility index (Phi) is 5.35. The lowest BCUT2D eigenvalue weighted by atomic mass is 10.1. The summed E-state index contributed by atoms with van der Waals surface area (Å²) in [5.41, 5.74) is 1.12. The minimum absolute atomic E-state index is 0. The molecule has 1 aliphatic heterocycles. The molecule has 3 nitrogen and oxygen atoms in total. The van der Waals surface area contributed by atoms with Crippen LogP contribution in [-0.2, 0) is 4.79 Å². The first kappa shape index (κ1) is 15.7. The number of para-hydroxylation sites is 1. The maximum Gasteiger partial charge on any atom is 0.228 e. The Labute approximate surface area is 130 Å². The van der Waals surface area contributed by atoms with Crippen LogP contribution in [0.1, 0.15) is 25.7 Å². The van der Waals surface area contributed by atoms with Crippen LogP contribution in [0, 0.1) is 0 Å². The molecule has 2 aliphatic rings. The molecule has 5 heteroatoms. The van der Waals surface area contributed by atoms with E-state index < -0.39 is 0 Å². The number of halogens is 1. The number of carbonyl (C=O) groups excluding carboxylic acids is 1. The number of anilines is 1. The molecule has 3 rings (SSSR count). The second kappa shape index (κ2) is 6.83. The fourth-order valence-electron chi connectivity index (χ4n) is 3.11. The van der Waals surface area contributed by atoms with Crippen molar-refractivity contribution in [2.45, 2.75) is 41.9 Å². The average molecular weight is 313 g/mol. The predicted octanol–water partition coefficient (Wildman–Crippen LogP) is 3.08. The Bertz CT molecular complexity index is 483. The van der Waals surface area contributed by atoms with Crippen LogP contribution in [0.4, 0.5) is 5.69 Å². The maximum atomic E-state index is 12.5. The Balaban J connectivity index is 0.00000147. The Hall–Kier alpha value is -0.710. The molecule has 1 aromatic rings. The van der Waals surface area contributed by atoms with Gasteiger partial charge in [-0.3, -0.25) is 4.79 Å². The second-order valence-corrected chi connectivity index (χ2v) is 6.52. The van der Waals surface area contributed by atoms with Crippen molar-refractivity contribution in [2.75, 3.05) is 18.5 Å². The molecule has 2 atom stereocenters. The van der Waals surface area contributed by atoms with Crippen molar-refractivity contribution in [1.29, 1.82) is 0 Å². The molecule has 2 unspecified atom stereocenters. The van der Waals surface area contributed by atoms with E-state index in [9.17, 15) is 4.79 Å². The summed E-state index contributed by atoms with van der Waals surface area (Å²) in [6.45, 7) is 0.752. The number of hydrogen-bond acceptors (Lipinski definition) is 3. The molecule has 20 heavy (non-hydrogen) atoms. The Morgan fingerprint density at radius 1 is 1.40 bits per heavy atom. The first-order valence-corrected chi connectivity index (χ1v) is 7.91. The monoisotopic (exact) mass is 312 g/mol. The van der Waals surface area contributed by atoms with Gasteiger partial charge in [0.1, 0.15) is 0 Å². The molecule has 1 amide bonds. The minimum Gasteiger partial charge on any atom is -0.319 e. The van der Waals surface area contributed by atoms with Crippen molar-refractivity contribution < 1.29 is 4.79 Å². The average Bonchev–Trinajstić information content (AvgIpc) is 2.89. The largest absolute Gasteiger partial charge is 0.319 e. The summed E-state index contributed by atoms with van der Waals surface area (Å²) in [6.07, 6.45) is 4.21. The molecule has 0 aromatic heterocycles. The molecule has 1 saturated carbocycles. The fourth-order valence-corrected chi connectivity index (χ4v) is 4.58. The van der Waals surface area contributed by atoms with E-state index in [-0.39, 0.29) is 18.3 Å². The normalized spacial score (nSPS) is 23.8. The molecule has 110 valence electrons. The zero-order valence-corrected chi connectivity index (χ0v) is 13.3. The van der Waals surface area contributed by atoms with Crippen molar-refractivity contribution in [1.82, 2.24) is 5.32 Å². The molecule has 0 spiro atoms. The van der Waals surface area contributed by atoms with E-state index in [4.69, 9.17) is 0 Å². The van der Waals surface area contributed by atoms with Gasteiger partial charge in [-0.25, -0.2) is 0 Å². The summed E-state index contributed by atoms with van der Waals surface area (Å²) in [5, 5.41) is 3.66. The number of carbonyl (C=O) groups is 1. The highest BCUT2D eigenvalue weighted by Gasteiger charge is 2.40. The highest BCUT2D eigenvalue weighted by molar-refractivity contribution is 8.00. The van der Waals surface area contributed by atoms with Crippen LogP contribution >= 0.6 is 24.2 Å². The van der Waals surface area contributed by atoms with E-state index in [1.807, 2.05) is 24.9 Å².